The Morgan fingerprint density at radius 3 is 2.60 bits per heavy atom. The molecule has 3 N–H and O–H groups in total. The van der Waals surface area contributed by atoms with Crippen molar-refractivity contribution in [3.8, 4) is 0 Å². The number of nitrogens with zero attached hydrogens (tertiary/aromatic N) is 2. The highest BCUT2D eigenvalue weighted by Gasteiger charge is 2.26. The van der Waals surface area contributed by atoms with Crippen molar-refractivity contribution in [3.63, 3.8) is 0 Å². The highest BCUT2D eigenvalue weighted by Crippen LogP contribution is 2.13. The van der Waals surface area contributed by atoms with Crippen molar-refractivity contribution in [1.29, 1.82) is 0 Å². The van der Waals surface area contributed by atoms with E-state index in [1.165, 1.54) is 0 Å². The smallest absolute Gasteiger partial charge is 0.220 e. The summed E-state index contributed by atoms with van der Waals surface area (Å²) in [6, 6.07) is 0. The lowest BCUT2D eigenvalue weighted by molar-refractivity contribution is -0.122. The molecule has 0 spiro atoms. The molecule has 2 atom stereocenters. The lowest BCUT2D eigenvalue weighted by atomic mass is 10.0. The Labute approximate surface area is 119 Å². The summed E-state index contributed by atoms with van der Waals surface area (Å²) in [4.78, 5) is 20.7. The summed E-state index contributed by atoms with van der Waals surface area (Å²) in [7, 11) is 0. The number of carbonyl (C=O) groups excluding carboxylic acids is 1. The van der Waals surface area contributed by atoms with Crippen molar-refractivity contribution >= 4 is 5.91 Å². The Morgan fingerprint density at radius 2 is 1.95 bits per heavy atom. The van der Waals surface area contributed by atoms with E-state index in [-0.39, 0.29) is 11.8 Å². The predicted octanol–water partition coefficient (Wildman–Crippen LogP) is -0.0115. The standard InChI is InChI=1S/C14H22N4O2/c1-8-9(2)18-12(10(3)17-8)6-16-14(20)4-11-5-15-7-13(11)19/h11,13,15,19H,4-7H2,1-3H3,(H,16,20)/t11-,13-/m1/s1. The Balaban J connectivity index is 1.88. The minimum absolute atomic E-state index is 0.00179. The van der Waals surface area contributed by atoms with Crippen LogP contribution in [-0.4, -0.2) is 40.2 Å². The first-order chi connectivity index (χ1) is 9.47. The molecule has 6 heteroatoms. The summed E-state index contributed by atoms with van der Waals surface area (Å²) in [5, 5.41) is 15.6. The number of hydrogen-bond donors (Lipinski definition) is 3. The van der Waals surface area contributed by atoms with Crippen LogP contribution in [0.5, 0.6) is 0 Å². The molecule has 0 saturated carbocycles. The monoisotopic (exact) mass is 278 g/mol. The van der Waals surface area contributed by atoms with Crippen LogP contribution in [0.25, 0.3) is 0 Å². The molecular formula is C14H22N4O2. The molecule has 1 amide bonds. The van der Waals surface area contributed by atoms with Gasteiger partial charge in [0.2, 0.25) is 5.91 Å². The minimum atomic E-state index is -0.427. The number of aliphatic hydroxyl groups is 1. The van der Waals surface area contributed by atoms with E-state index >= 15 is 0 Å². The maximum absolute atomic E-state index is 11.9. The largest absolute Gasteiger partial charge is 0.391 e. The first kappa shape index (κ1) is 14.9. The van der Waals surface area contributed by atoms with Crippen LogP contribution < -0.4 is 10.6 Å². The number of rotatable bonds is 4. The Hall–Kier alpha value is -1.53. The van der Waals surface area contributed by atoms with Gasteiger partial charge in [-0.2, -0.15) is 0 Å². The van der Waals surface area contributed by atoms with Crippen LogP contribution in [-0.2, 0) is 11.3 Å². The van der Waals surface area contributed by atoms with Crippen molar-refractivity contribution in [1.82, 2.24) is 20.6 Å². The van der Waals surface area contributed by atoms with Gasteiger partial charge < -0.3 is 15.7 Å². The molecule has 110 valence electrons. The van der Waals surface area contributed by atoms with Gasteiger partial charge in [0, 0.05) is 25.4 Å². The van der Waals surface area contributed by atoms with Gasteiger partial charge in [0.15, 0.2) is 0 Å². The molecule has 20 heavy (non-hydrogen) atoms. The number of carbonyl (C=O) groups is 1. The molecule has 1 aromatic rings. The third kappa shape index (κ3) is 3.52. The van der Waals surface area contributed by atoms with Crippen molar-refractivity contribution < 1.29 is 9.90 Å². The second-order valence-corrected chi connectivity index (χ2v) is 5.39. The second kappa shape index (κ2) is 6.28. The van der Waals surface area contributed by atoms with Gasteiger partial charge in [-0.3, -0.25) is 14.8 Å². The third-order valence-electron chi connectivity index (χ3n) is 3.78. The Bertz CT molecular complexity index is 504. The highest BCUT2D eigenvalue weighted by atomic mass is 16.3. The molecule has 1 aromatic heterocycles. The number of aromatic nitrogens is 2. The maximum Gasteiger partial charge on any atom is 0.220 e. The second-order valence-electron chi connectivity index (χ2n) is 5.39. The molecule has 2 heterocycles. The number of hydrogen-bond acceptors (Lipinski definition) is 5. The SMILES string of the molecule is Cc1nc(C)c(CNC(=O)C[C@@H]2CNC[C@H]2O)nc1C. The molecule has 1 fully saturated rings. The minimum Gasteiger partial charge on any atom is -0.391 e. The lowest BCUT2D eigenvalue weighted by Gasteiger charge is -2.13. The summed E-state index contributed by atoms with van der Waals surface area (Å²) >= 11 is 0. The maximum atomic E-state index is 11.9. The van der Waals surface area contributed by atoms with E-state index in [1.807, 2.05) is 20.8 Å². The van der Waals surface area contributed by atoms with E-state index in [1.54, 1.807) is 0 Å². The molecule has 0 bridgehead atoms. The fraction of sp³-hybridized carbons (Fsp3) is 0.643. The third-order valence-corrected chi connectivity index (χ3v) is 3.78. The number of amides is 1. The summed E-state index contributed by atoms with van der Waals surface area (Å²) in [6.07, 6.45) is -0.0882. The zero-order chi connectivity index (χ0) is 14.7. The van der Waals surface area contributed by atoms with E-state index in [0.717, 1.165) is 22.8 Å². The molecule has 0 unspecified atom stereocenters. The van der Waals surface area contributed by atoms with Crippen LogP contribution >= 0.6 is 0 Å². The van der Waals surface area contributed by atoms with E-state index < -0.39 is 6.10 Å². The van der Waals surface area contributed by atoms with Gasteiger partial charge >= 0.3 is 0 Å². The molecular weight excluding hydrogens is 256 g/mol. The summed E-state index contributed by atoms with van der Waals surface area (Å²) in [5.41, 5.74) is 3.44. The number of β-amino-alcohol motifs (C(OH)–C–C–N with tert-alkyl or cyclic N) is 1. The van der Waals surface area contributed by atoms with Crippen LogP contribution in [0.15, 0.2) is 0 Å². The van der Waals surface area contributed by atoms with Gasteiger partial charge in [-0.25, -0.2) is 0 Å². The number of nitrogens with one attached hydrogen (secondary N) is 2. The first-order valence-corrected chi connectivity index (χ1v) is 6.93. The average molecular weight is 278 g/mol. The first-order valence-electron chi connectivity index (χ1n) is 6.93. The zero-order valence-electron chi connectivity index (χ0n) is 12.2. The molecule has 1 saturated heterocycles. The zero-order valence-corrected chi connectivity index (χ0v) is 12.2. The van der Waals surface area contributed by atoms with Crippen LogP contribution in [0.3, 0.4) is 0 Å². The van der Waals surface area contributed by atoms with Crippen molar-refractivity contribution in [2.45, 2.75) is 39.8 Å². The Kier molecular flexibility index (Phi) is 4.67. The number of aliphatic hydroxyl groups excluding tert-OH is 1. The van der Waals surface area contributed by atoms with Crippen LogP contribution in [0.1, 0.15) is 29.2 Å². The van der Waals surface area contributed by atoms with E-state index in [2.05, 4.69) is 20.6 Å². The molecule has 6 nitrogen and oxygen atoms in total. The molecule has 0 aliphatic carbocycles. The quantitative estimate of drug-likeness (QED) is 0.721. The van der Waals surface area contributed by atoms with Crippen LogP contribution in [0.4, 0.5) is 0 Å². The van der Waals surface area contributed by atoms with Crippen molar-refractivity contribution in [2.24, 2.45) is 5.92 Å². The normalized spacial score (nSPS) is 22.0. The fourth-order valence-electron chi connectivity index (χ4n) is 2.35. The molecule has 0 aromatic carbocycles. The molecule has 2 rings (SSSR count). The van der Waals surface area contributed by atoms with E-state index in [4.69, 9.17) is 0 Å². The van der Waals surface area contributed by atoms with Gasteiger partial charge in [-0.1, -0.05) is 0 Å². The van der Waals surface area contributed by atoms with Gasteiger partial charge in [-0.05, 0) is 20.8 Å². The van der Waals surface area contributed by atoms with Gasteiger partial charge in [0.25, 0.3) is 0 Å². The summed E-state index contributed by atoms with van der Waals surface area (Å²) in [5.74, 6) is -0.0564. The summed E-state index contributed by atoms with van der Waals surface area (Å²) < 4.78 is 0. The summed E-state index contributed by atoms with van der Waals surface area (Å²) in [6.45, 7) is 7.37. The topological polar surface area (TPSA) is 87.1 Å². The molecule has 0 radical (unpaired) electrons. The average Bonchev–Trinajstić information content (AvgIpc) is 2.78. The highest BCUT2D eigenvalue weighted by molar-refractivity contribution is 5.76. The van der Waals surface area contributed by atoms with E-state index in [0.29, 0.717) is 26.1 Å². The molecule has 1 aliphatic rings. The lowest BCUT2D eigenvalue weighted by Crippen LogP contribution is -2.29. The van der Waals surface area contributed by atoms with Gasteiger partial charge in [-0.15, -0.1) is 0 Å². The van der Waals surface area contributed by atoms with Gasteiger partial charge in [0.05, 0.1) is 35.4 Å². The van der Waals surface area contributed by atoms with Gasteiger partial charge in [0.1, 0.15) is 0 Å². The van der Waals surface area contributed by atoms with Crippen LogP contribution in [0.2, 0.25) is 0 Å². The van der Waals surface area contributed by atoms with Crippen molar-refractivity contribution in [3.05, 3.63) is 22.8 Å². The number of aryl methyl sites for hydroxylation is 3. The van der Waals surface area contributed by atoms with Crippen LogP contribution in [0, 0.1) is 26.7 Å². The Morgan fingerprint density at radius 1 is 1.25 bits per heavy atom. The van der Waals surface area contributed by atoms with E-state index in [9.17, 15) is 9.90 Å². The molecule has 1 aliphatic heterocycles. The fourth-order valence-corrected chi connectivity index (χ4v) is 2.35. The van der Waals surface area contributed by atoms with Crippen molar-refractivity contribution in [2.75, 3.05) is 13.1 Å². The predicted molar refractivity (Wildman–Crippen MR) is 75.1 cm³/mol.